The fourth-order valence-electron chi connectivity index (χ4n) is 4.89. The maximum Gasteiger partial charge on any atom is 0.416 e. The third-order valence-electron chi connectivity index (χ3n) is 6.40. The molecule has 0 amide bonds. The Labute approximate surface area is 202 Å². The number of hydrogen-bond donors (Lipinski definition) is 0. The van der Waals surface area contributed by atoms with E-state index < -0.39 is 35.7 Å². The summed E-state index contributed by atoms with van der Waals surface area (Å²) in [6, 6.07) is 22.1. The second-order valence-corrected chi connectivity index (χ2v) is 8.72. The average molecular weight is 482 g/mol. The molecule has 3 aromatic carbocycles. The topological polar surface area (TPSA) is 46.6 Å². The van der Waals surface area contributed by atoms with Crippen molar-refractivity contribution in [1.82, 2.24) is 4.90 Å². The lowest BCUT2D eigenvalue weighted by Crippen LogP contribution is -2.36. The highest BCUT2D eigenvalue weighted by molar-refractivity contribution is 5.98. The minimum absolute atomic E-state index is 0.00851. The predicted octanol–water partition coefficient (Wildman–Crippen LogP) is 6.08. The van der Waals surface area contributed by atoms with Gasteiger partial charge in [0, 0.05) is 37.0 Å². The molecule has 0 bridgehead atoms. The molecule has 4 rings (SSSR count). The summed E-state index contributed by atoms with van der Waals surface area (Å²) in [7, 11) is 0. The molecule has 35 heavy (non-hydrogen) atoms. The number of likely N-dealkylation sites (tertiary alicyclic amines) is 1. The lowest BCUT2D eigenvalue weighted by Gasteiger charge is -2.33. The van der Waals surface area contributed by atoms with Crippen molar-refractivity contribution in [1.29, 1.82) is 0 Å². The van der Waals surface area contributed by atoms with E-state index in [4.69, 9.17) is 4.74 Å². The molecule has 1 fully saturated rings. The molecule has 1 aliphatic rings. The van der Waals surface area contributed by atoms with Gasteiger partial charge < -0.3 is 4.74 Å². The molecule has 182 valence electrons. The van der Waals surface area contributed by atoms with Crippen LogP contribution in [-0.2, 0) is 22.3 Å². The minimum Gasteiger partial charge on any atom is -0.464 e. The Hall–Kier alpha value is -3.45. The molecule has 0 aromatic heterocycles. The Balaban J connectivity index is 1.83. The van der Waals surface area contributed by atoms with Crippen LogP contribution >= 0.6 is 0 Å². The average Bonchev–Trinajstić information content (AvgIpc) is 3.20. The third kappa shape index (κ3) is 5.62. The fourth-order valence-corrected chi connectivity index (χ4v) is 4.89. The summed E-state index contributed by atoms with van der Waals surface area (Å²) in [5.41, 5.74) is 0.625. The number of ether oxygens (including phenoxy) is 1. The quantitative estimate of drug-likeness (QED) is 0.303. The summed E-state index contributed by atoms with van der Waals surface area (Å²) in [6.07, 6.45) is -4.31. The largest absolute Gasteiger partial charge is 0.464 e. The van der Waals surface area contributed by atoms with Gasteiger partial charge in [-0.25, -0.2) is 0 Å². The summed E-state index contributed by atoms with van der Waals surface area (Å²) in [4.78, 5) is 27.1. The predicted molar refractivity (Wildman–Crippen MR) is 125 cm³/mol. The molecule has 0 spiro atoms. The van der Waals surface area contributed by atoms with E-state index >= 15 is 0 Å². The van der Waals surface area contributed by atoms with Crippen molar-refractivity contribution in [3.63, 3.8) is 0 Å². The third-order valence-corrected chi connectivity index (χ3v) is 6.40. The Morgan fingerprint density at radius 1 is 0.914 bits per heavy atom. The van der Waals surface area contributed by atoms with Gasteiger partial charge in [0.1, 0.15) is 6.61 Å². The van der Waals surface area contributed by atoms with Crippen molar-refractivity contribution in [3.8, 4) is 0 Å². The van der Waals surface area contributed by atoms with Gasteiger partial charge in [0.15, 0.2) is 5.78 Å². The number of Topliss-reactive ketones (excluding diaryl/α,β-unsaturated/α-hetero) is 1. The van der Waals surface area contributed by atoms with Crippen LogP contribution in [-0.4, -0.2) is 29.3 Å². The highest BCUT2D eigenvalue weighted by Crippen LogP contribution is 2.47. The zero-order chi connectivity index (χ0) is 25.0. The first-order valence-electron chi connectivity index (χ1n) is 11.4. The number of esters is 1. The van der Waals surface area contributed by atoms with E-state index in [1.807, 2.05) is 35.2 Å². The van der Waals surface area contributed by atoms with Crippen LogP contribution in [0.4, 0.5) is 13.2 Å². The van der Waals surface area contributed by atoms with Crippen molar-refractivity contribution in [2.24, 2.45) is 5.92 Å². The first-order valence-corrected chi connectivity index (χ1v) is 11.4. The number of hydrogen-bond acceptors (Lipinski definition) is 4. The Morgan fingerprint density at radius 2 is 1.51 bits per heavy atom. The van der Waals surface area contributed by atoms with Crippen LogP contribution in [0.15, 0.2) is 84.9 Å². The number of halogens is 3. The molecular weight excluding hydrogens is 455 g/mol. The van der Waals surface area contributed by atoms with Crippen LogP contribution in [0.5, 0.6) is 0 Å². The number of nitrogens with zero attached hydrogens (tertiary/aromatic N) is 1. The maximum absolute atomic E-state index is 14.1. The Kier molecular flexibility index (Phi) is 7.36. The molecule has 0 radical (unpaired) electrons. The molecular formula is C28H26F3NO3. The zero-order valence-electron chi connectivity index (χ0n) is 19.2. The number of carbonyl (C=O) groups is 2. The van der Waals surface area contributed by atoms with Gasteiger partial charge in [0.25, 0.3) is 0 Å². The van der Waals surface area contributed by atoms with E-state index in [2.05, 4.69) is 0 Å². The number of ketones is 1. The van der Waals surface area contributed by atoms with Crippen molar-refractivity contribution in [2.75, 3.05) is 6.61 Å². The van der Waals surface area contributed by atoms with Crippen LogP contribution in [0, 0.1) is 5.92 Å². The summed E-state index contributed by atoms with van der Waals surface area (Å²) in [6.45, 7) is 1.59. The number of benzene rings is 3. The smallest absolute Gasteiger partial charge is 0.416 e. The van der Waals surface area contributed by atoms with Crippen molar-refractivity contribution in [2.45, 2.75) is 38.1 Å². The summed E-state index contributed by atoms with van der Waals surface area (Å²) in [5.74, 6) is -1.45. The normalized spacial score (nSPS) is 20.5. The molecule has 1 heterocycles. The van der Waals surface area contributed by atoms with E-state index in [1.165, 1.54) is 19.1 Å². The highest BCUT2D eigenvalue weighted by Gasteiger charge is 2.48. The van der Waals surface area contributed by atoms with Gasteiger partial charge in [-0.05, 0) is 23.6 Å². The summed E-state index contributed by atoms with van der Waals surface area (Å²) < 4.78 is 47.6. The molecule has 0 N–H and O–H groups in total. The van der Waals surface area contributed by atoms with Crippen molar-refractivity contribution in [3.05, 3.63) is 107 Å². The van der Waals surface area contributed by atoms with Crippen LogP contribution in [0.2, 0.25) is 0 Å². The van der Waals surface area contributed by atoms with Crippen LogP contribution in [0.3, 0.4) is 0 Å². The molecule has 1 aliphatic heterocycles. The van der Waals surface area contributed by atoms with Gasteiger partial charge in [0.2, 0.25) is 0 Å². The monoisotopic (exact) mass is 481 g/mol. The molecule has 0 aliphatic carbocycles. The number of alkyl halides is 3. The lowest BCUT2D eigenvalue weighted by atomic mass is 9.84. The zero-order valence-corrected chi connectivity index (χ0v) is 19.2. The van der Waals surface area contributed by atoms with E-state index in [0.29, 0.717) is 12.1 Å². The van der Waals surface area contributed by atoms with Crippen LogP contribution in [0.25, 0.3) is 0 Å². The summed E-state index contributed by atoms with van der Waals surface area (Å²) >= 11 is 0. The number of rotatable bonds is 7. The van der Waals surface area contributed by atoms with Crippen LogP contribution < -0.4 is 0 Å². The lowest BCUT2D eigenvalue weighted by molar-refractivity contribution is -0.142. The Morgan fingerprint density at radius 3 is 2.14 bits per heavy atom. The molecule has 3 aromatic rings. The van der Waals surface area contributed by atoms with Gasteiger partial charge in [-0.2, -0.15) is 13.2 Å². The van der Waals surface area contributed by atoms with Crippen LogP contribution in [0.1, 0.15) is 46.4 Å². The second kappa shape index (κ2) is 10.4. The fraction of sp³-hybridized carbons (Fsp3) is 0.286. The SMILES string of the molecule is CC(=O)OC[C@H]1C[C@H](C(=O)c2ccccc2)[C@H](c2ccccc2C(F)(F)F)N1Cc1ccccc1. The van der Waals surface area contributed by atoms with Gasteiger partial charge in [-0.1, -0.05) is 78.9 Å². The standard InChI is InChI=1S/C28H26F3NO3/c1-19(33)35-18-22-16-24(27(34)21-12-6-3-7-13-21)26(32(22)17-20-10-4-2-5-11-20)23-14-8-9-15-25(23)28(29,30)31/h2-15,22,24,26H,16-18H2,1H3/t22-,24+,26+/m1/s1. The molecule has 3 atom stereocenters. The van der Waals surface area contributed by atoms with E-state index in [0.717, 1.165) is 11.6 Å². The molecule has 0 saturated carbocycles. The minimum atomic E-state index is -4.58. The maximum atomic E-state index is 14.1. The van der Waals surface area contributed by atoms with Crippen molar-refractivity contribution < 1.29 is 27.5 Å². The first kappa shape index (κ1) is 24.7. The van der Waals surface area contributed by atoms with E-state index in [9.17, 15) is 22.8 Å². The summed E-state index contributed by atoms with van der Waals surface area (Å²) in [5, 5.41) is 0. The van der Waals surface area contributed by atoms with E-state index in [1.54, 1.807) is 36.4 Å². The van der Waals surface area contributed by atoms with E-state index in [-0.39, 0.29) is 24.4 Å². The molecule has 7 heteroatoms. The molecule has 4 nitrogen and oxygen atoms in total. The van der Waals surface area contributed by atoms with Gasteiger partial charge in [0.05, 0.1) is 5.56 Å². The first-order chi connectivity index (χ1) is 16.8. The highest BCUT2D eigenvalue weighted by atomic mass is 19.4. The van der Waals surface area contributed by atoms with Gasteiger partial charge in [-0.3, -0.25) is 14.5 Å². The molecule has 1 saturated heterocycles. The van der Waals surface area contributed by atoms with Gasteiger partial charge >= 0.3 is 12.1 Å². The van der Waals surface area contributed by atoms with Gasteiger partial charge in [-0.15, -0.1) is 0 Å². The molecule has 0 unspecified atom stereocenters. The van der Waals surface area contributed by atoms with Crippen molar-refractivity contribution >= 4 is 11.8 Å². The Bertz CT molecular complexity index is 1160. The second-order valence-electron chi connectivity index (χ2n) is 8.72. The number of carbonyl (C=O) groups excluding carboxylic acids is 2.